The van der Waals surface area contributed by atoms with Gasteiger partial charge in [-0.15, -0.1) is 0 Å². The highest BCUT2D eigenvalue weighted by molar-refractivity contribution is 6.30. The Morgan fingerprint density at radius 3 is 2.82 bits per heavy atom. The maximum absolute atomic E-state index is 11.6. The van der Waals surface area contributed by atoms with Gasteiger partial charge < -0.3 is 10.2 Å². The molecule has 1 aliphatic rings. The number of pyridine rings is 1. The molecule has 0 spiro atoms. The van der Waals surface area contributed by atoms with Crippen molar-refractivity contribution < 1.29 is 4.79 Å². The molecular formula is C12H16ClN3O. The Labute approximate surface area is 106 Å². The van der Waals surface area contributed by atoms with Gasteiger partial charge in [-0.3, -0.25) is 4.79 Å². The average Bonchev–Trinajstić information content (AvgIpc) is 2.34. The number of nitrogens with one attached hydrogen (secondary N) is 1. The Kier molecular flexibility index (Phi) is 3.00. The van der Waals surface area contributed by atoms with Crippen molar-refractivity contribution in [2.24, 2.45) is 0 Å². The predicted molar refractivity (Wildman–Crippen MR) is 69.6 cm³/mol. The highest BCUT2D eigenvalue weighted by Crippen LogP contribution is 2.33. The van der Waals surface area contributed by atoms with E-state index in [-0.39, 0.29) is 11.4 Å². The number of halogens is 1. The number of carbonyl (C=O) groups is 1. The fourth-order valence-corrected chi connectivity index (χ4v) is 2.08. The summed E-state index contributed by atoms with van der Waals surface area (Å²) in [5.74, 6) is 0.787. The summed E-state index contributed by atoms with van der Waals surface area (Å²) >= 11 is 5.91. The lowest BCUT2D eigenvalue weighted by Gasteiger charge is -2.36. The lowest BCUT2D eigenvalue weighted by molar-refractivity contribution is -0.116. The van der Waals surface area contributed by atoms with Gasteiger partial charge in [0.25, 0.3) is 0 Å². The van der Waals surface area contributed by atoms with Crippen LogP contribution in [0.1, 0.15) is 27.2 Å². The van der Waals surface area contributed by atoms with Crippen LogP contribution >= 0.6 is 11.6 Å². The lowest BCUT2D eigenvalue weighted by Crippen LogP contribution is -2.42. The minimum atomic E-state index is -0.0815. The number of anilines is 2. The van der Waals surface area contributed by atoms with E-state index in [0.29, 0.717) is 23.7 Å². The van der Waals surface area contributed by atoms with Gasteiger partial charge >= 0.3 is 0 Å². The summed E-state index contributed by atoms with van der Waals surface area (Å²) < 4.78 is 0. The molecule has 5 heteroatoms. The van der Waals surface area contributed by atoms with Gasteiger partial charge in [0.2, 0.25) is 5.91 Å². The number of carbonyl (C=O) groups excluding carboxylic acids is 1. The smallest absolute Gasteiger partial charge is 0.226 e. The van der Waals surface area contributed by atoms with E-state index in [1.807, 2.05) is 0 Å². The SMILES string of the molecule is CC(C)(C)N1CCC(=O)Nc2cc(Cl)cnc21. The minimum absolute atomic E-state index is 0.00191. The van der Waals surface area contributed by atoms with Crippen LogP contribution in [0.25, 0.3) is 0 Å². The zero-order chi connectivity index (χ0) is 12.6. The second kappa shape index (κ2) is 4.18. The third-order valence-corrected chi connectivity index (χ3v) is 2.94. The quantitative estimate of drug-likeness (QED) is 0.773. The van der Waals surface area contributed by atoms with Crippen molar-refractivity contribution in [3.05, 3.63) is 17.3 Å². The van der Waals surface area contributed by atoms with E-state index >= 15 is 0 Å². The topological polar surface area (TPSA) is 45.2 Å². The second-order valence-corrected chi connectivity index (χ2v) is 5.58. The Bertz CT molecular complexity index is 454. The number of rotatable bonds is 0. The van der Waals surface area contributed by atoms with Gasteiger partial charge in [-0.25, -0.2) is 4.98 Å². The highest BCUT2D eigenvalue weighted by Gasteiger charge is 2.28. The van der Waals surface area contributed by atoms with Gasteiger partial charge in [0.1, 0.15) is 0 Å². The molecule has 2 heterocycles. The van der Waals surface area contributed by atoms with Crippen LogP contribution in [0.3, 0.4) is 0 Å². The lowest BCUT2D eigenvalue weighted by atomic mass is 10.1. The molecular weight excluding hydrogens is 238 g/mol. The molecule has 0 radical (unpaired) electrons. The molecule has 0 unspecified atom stereocenters. The van der Waals surface area contributed by atoms with Crippen molar-refractivity contribution in [3.63, 3.8) is 0 Å². The molecule has 1 aliphatic heterocycles. The van der Waals surface area contributed by atoms with Crippen LogP contribution in [0, 0.1) is 0 Å². The van der Waals surface area contributed by atoms with E-state index in [4.69, 9.17) is 11.6 Å². The van der Waals surface area contributed by atoms with Crippen LogP contribution in [0.5, 0.6) is 0 Å². The first-order valence-corrected chi connectivity index (χ1v) is 5.99. The van der Waals surface area contributed by atoms with Gasteiger partial charge in [-0.2, -0.15) is 0 Å². The van der Waals surface area contributed by atoms with Gasteiger partial charge in [0, 0.05) is 24.7 Å². The van der Waals surface area contributed by atoms with Crippen molar-refractivity contribution in [2.75, 3.05) is 16.8 Å². The molecule has 2 rings (SSSR count). The first-order chi connectivity index (χ1) is 7.88. The summed E-state index contributed by atoms with van der Waals surface area (Å²) in [5, 5.41) is 3.37. The summed E-state index contributed by atoms with van der Waals surface area (Å²) in [4.78, 5) is 18.1. The molecule has 0 fully saturated rings. The molecule has 0 saturated heterocycles. The van der Waals surface area contributed by atoms with E-state index in [9.17, 15) is 4.79 Å². The van der Waals surface area contributed by atoms with Crippen LogP contribution < -0.4 is 10.2 Å². The first-order valence-electron chi connectivity index (χ1n) is 5.61. The Morgan fingerprint density at radius 2 is 2.18 bits per heavy atom. The number of hydrogen-bond acceptors (Lipinski definition) is 3. The van der Waals surface area contributed by atoms with Crippen LogP contribution in [0.2, 0.25) is 5.02 Å². The van der Waals surface area contributed by atoms with Gasteiger partial charge in [0.15, 0.2) is 5.82 Å². The zero-order valence-corrected chi connectivity index (χ0v) is 11.0. The van der Waals surface area contributed by atoms with Crippen LogP contribution in [-0.2, 0) is 4.79 Å². The average molecular weight is 254 g/mol. The van der Waals surface area contributed by atoms with Crippen LogP contribution in [0.15, 0.2) is 12.3 Å². The molecule has 0 aliphatic carbocycles. The minimum Gasteiger partial charge on any atom is -0.350 e. The normalized spacial score (nSPS) is 16.2. The van der Waals surface area contributed by atoms with Gasteiger partial charge in [-0.1, -0.05) is 11.6 Å². The van der Waals surface area contributed by atoms with Crippen molar-refractivity contribution in [2.45, 2.75) is 32.7 Å². The summed E-state index contributed by atoms with van der Waals surface area (Å²) in [6.45, 7) is 6.96. The Balaban J connectivity index is 2.50. The molecule has 0 aromatic carbocycles. The van der Waals surface area contributed by atoms with Crippen molar-refractivity contribution in [1.82, 2.24) is 4.98 Å². The molecule has 0 bridgehead atoms. The van der Waals surface area contributed by atoms with E-state index in [2.05, 4.69) is 36.0 Å². The summed E-state index contributed by atoms with van der Waals surface area (Å²) in [7, 11) is 0. The largest absolute Gasteiger partial charge is 0.350 e. The monoisotopic (exact) mass is 253 g/mol. The van der Waals surface area contributed by atoms with E-state index < -0.39 is 0 Å². The Morgan fingerprint density at radius 1 is 1.47 bits per heavy atom. The predicted octanol–water partition coefficient (Wildman–Crippen LogP) is 2.68. The summed E-state index contributed by atoms with van der Waals surface area (Å²) in [6, 6.07) is 1.74. The second-order valence-electron chi connectivity index (χ2n) is 5.15. The molecule has 1 aromatic heterocycles. The zero-order valence-electron chi connectivity index (χ0n) is 10.2. The molecule has 1 aromatic rings. The van der Waals surface area contributed by atoms with Crippen molar-refractivity contribution >= 4 is 29.0 Å². The molecule has 1 N–H and O–H groups in total. The maximum atomic E-state index is 11.6. The molecule has 0 saturated carbocycles. The first kappa shape index (κ1) is 12.2. The standard InChI is InChI=1S/C12H16ClN3O/c1-12(2,3)16-5-4-10(17)15-9-6-8(13)7-14-11(9)16/h6-7H,4-5H2,1-3H3,(H,15,17). The fourth-order valence-electron chi connectivity index (χ4n) is 1.92. The van der Waals surface area contributed by atoms with E-state index in [1.165, 1.54) is 0 Å². The molecule has 4 nitrogen and oxygen atoms in total. The van der Waals surface area contributed by atoms with Crippen molar-refractivity contribution in [3.8, 4) is 0 Å². The molecule has 0 atom stereocenters. The third-order valence-electron chi connectivity index (χ3n) is 2.74. The molecule has 17 heavy (non-hydrogen) atoms. The number of fused-ring (bicyclic) bond motifs is 1. The van der Waals surface area contributed by atoms with E-state index in [0.717, 1.165) is 5.82 Å². The molecule has 1 amide bonds. The molecule has 92 valence electrons. The van der Waals surface area contributed by atoms with Gasteiger partial charge in [0.05, 0.1) is 10.7 Å². The summed E-state index contributed by atoms with van der Waals surface area (Å²) in [5.41, 5.74) is 0.608. The van der Waals surface area contributed by atoms with Crippen LogP contribution in [-0.4, -0.2) is 23.0 Å². The highest BCUT2D eigenvalue weighted by atomic mass is 35.5. The maximum Gasteiger partial charge on any atom is 0.226 e. The van der Waals surface area contributed by atoms with Gasteiger partial charge in [-0.05, 0) is 26.8 Å². The Hall–Kier alpha value is -1.29. The third kappa shape index (κ3) is 2.52. The number of aromatic nitrogens is 1. The summed E-state index contributed by atoms with van der Waals surface area (Å²) in [6.07, 6.45) is 2.07. The van der Waals surface area contributed by atoms with E-state index in [1.54, 1.807) is 12.3 Å². The number of nitrogens with zero attached hydrogens (tertiary/aromatic N) is 2. The van der Waals surface area contributed by atoms with Crippen LogP contribution in [0.4, 0.5) is 11.5 Å². The van der Waals surface area contributed by atoms with Crippen molar-refractivity contribution in [1.29, 1.82) is 0 Å². The number of amides is 1. The fraction of sp³-hybridized carbons (Fsp3) is 0.500. The number of hydrogen-bond donors (Lipinski definition) is 1.